The van der Waals surface area contributed by atoms with Crippen molar-refractivity contribution in [3.05, 3.63) is 65.0 Å². The van der Waals surface area contributed by atoms with Crippen LogP contribution in [0.5, 0.6) is 11.5 Å². The number of methoxy groups -OCH3 is 1. The minimum atomic E-state index is -2.49. The van der Waals surface area contributed by atoms with Gasteiger partial charge in [0, 0.05) is 18.4 Å². The number of carbonyl (C=O) groups is 1. The van der Waals surface area contributed by atoms with Crippen molar-refractivity contribution in [2.24, 2.45) is 0 Å². The standard InChI is InChI=1S/C25H27NO5/c1-3-23-22(26-25(31-23)16-6-8-19(29-2)9-7-16)12-13-30-20-10-11-21-17(14-20)4-5-18(21)15-24(27)28/h6-11,14,18H,3-5,12-13,15H2,1-2H3,(H,27,28)/t18-/m0/s1/i2D3. The first kappa shape index (κ1) is 17.4. The van der Waals surface area contributed by atoms with Gasteiger partial charge in [0.15, 0.2) is 0 Å². The van der Waals surface area contributed by atoms with Crippen LogP contribution in [0.1, 0.15) is 52.4 Å². The number of aromatic nitrogens is 1. The molecular formula is C25H27NO5. The predicted molar refractivity (Wildman–Crippen MR) is 117 cm³/mol. The lowest BCUT2D eigenvalue weighted by atomic mass is 9.98. The highest BCUT2D eigenvalue weighted by molar-refractivity contribution is 5.68. The van der Waals surface area contributed by atoms with Crippen molar-refractivity contribution in [2.45, 2.75) is 44.9 Å². The lowest BCUT2D eigenvalue weighted by molar-refractivity contribution is -0.137. The fourth-order valence-corrected chi connectivity index (χ4v) is 4.10. The summed E-state index contributed by atoms with van der Waals surface area (Å²) in [5.41, 5.74) is 3.82. The van der Waals surface area contributed by atoms with Crippen LogP contribution in [0.15, 0.2) is 46.9 Å². The van der Waals surface area contributed by atoms with Crippen molar-refractivity contribution in [2.75, 3.05) is 13.6 Å². The Kier molecular flexibility index (Phi) is 5.19. The average molecular weight is 425 g/mol. The summed E-state index contributed by atoms with van der Waals surface area (Å²) < 4.78 is 38.3. The molecule has 2 aromatic carbocycles. The highest BCUT2D eigenvalue weighted by Crippen LogP contribution is 2.37. The number of benzene rings is 2. The molecule has 1 N–H and O–H groups in total. The number of rotatable bonds is 9. The second-order valence-electron chi connectivity index (χ2n) is 7.66. The molecule has 4 rings (SSSR count). The molecule has 162 valence electrons. The first-order valence-electron chi connectivity index (χ1n) is 12.0. The Morgan fingerprint density at radius 2 is 2.06 bits per heavy atom. The van der Waals surface area contributed by atoms with E-state index in [4.69, 9.17) is 23.1 Å². The van der Waals surface area contributed by atoms with Crippen molar-refractivity contribution < 1.29 is 27.9 Å². The van der Waals surface area contributed by atoms with Gasteiger partial charge in [-0.3, -0.25) is 4.79 Å². The van der Waals surface area contributed by atoms with E-state index in [1.54, 1.807) is 24.3 Å². The van der Waals surface area contributed by atoms with Gasteiger partial charge in [0.25, 0.3) is 0 Å². The zero-order chi connectivity index (χ0) is 24.3. The minimum absolute atomic E-state index is 0.0799. The van der Waals surface area contributed by atoms with E-state index >= 15 is 0 Å². The molecule has 0 saturated heterocycles. The third kappa shape index (κ3) is 4.74. The SMILES string of the molecule is [2H]C([2H])([2H])Oc1ccc(-c2nc(CCOc3ccc4c(c3)CC[C@H]4CC(=O)O)c(CC)o2)cc1. The van der Waals surface area contributed by atoms with Crippen molar-refractivity contribution >= 4 is 5.97 Å². The molecule has 1 aromatic heterocycles. The molecule has 0 bridgehead atoms. The predicted octanol–water partition coefficient (Wildman–Crippen LogP) is 5.04. The molecule has 6 heteroatoms. The number of hydrogen-bond acceptors (Lipinski definition) is 5. The summed E-state index contributed by atoms with van der Waals surface area (Å²) in [4.78, 5) is 15.7. The Morgan fingerprint density at radius 3 is 2.81 bits per heavy atom. The van der Waals surface area contributed by atoms with Crippen molar-refractivity contribution in [1.82, 2.24) is 4.98 Å². The Labute approximate surface area is 186 Å². The Hall–Kier alpha value is -3.28. The Balaban J connectivity index is 1.38. The van der Waals surface area contributed by atoms with Crippen LogP contribution in [-0.4, -0.2) is 29.7 Å². The van der Waals surface area contributed by atoms with E-state index in [0.717, 1.165) is 46.7 Å². The van der Waals surface area contributed by atoms with Gasteiger partial charge in [-0.15, -0.1) is 0 Å². The molecule has 0 unspecified atom stereocenters. The van der Waals surface area contributed by atoms with Crippen LogP contribution in [0.4, 0.5) is 0 Å². The topological polar surface area (TPSA) is 81.8 Å². The summed E-state index contributed by atoms with van der Waals surface area (Å²) >= 11 is 0. The molecule has 0 saturated carbocycles. The van der Waals surface area contributed by atoms with E-state index in [9.17, 15) is 4.79 Å². The third-order valence-corrected chi connectivity index (χ3v) is 5.66. The average Bonchev–Trinajstić information content (AvgIpc) is 3.36. The number of ether oxygens (including phenoxy) is 2. The second-order valence-corrected chi connectivity index (χ2v) is 7.66. The maximum Gasteiger partial charge on any atom is 0.303 e. The van der Waals surface area contributed by atoms with Gasteiger partial charge in [0.05, 0.1) is 29.9 Å². The lowest BCUT2D eigenvalue weighted by Crippen LogP contribution is -2.05. The van der Waals surface area contributed by atoms with Crippen LogP contribution in [0.2, 0.25) is 0 Å². The monoisotopic (exact) mass is 424 g/mol. The molecule has 1 aliphatic rings. The van der Waals surface area contributed by atoms with Gasteiger partial charge in [-0.25, -0.2) is 4.98 Å². The van der Waals surface area contributed by atoms with Crippen LogP contribution in [0.25, 0.3) is 11.5 Å². The van der Waals surface area contributed by atoms with E-state index < -0.39 is 13.0 Å². The van der Waals surface area contributed by atoms with Gasteiger partial charge < -0.3 is 19.0 Å². The van der Waals surface area contributed by atoms with E-state index in [1.165, 1.54) is 0 Å². The molecule has 6 nitrogen and oxygen atoms in total. The summed E-state index contributed by atoms with van der Waals surface area (Å²) in [6.07, 6.45) is 3.15. The van der Waals surface area contributed by atoms with Crippen LogP contribution in [0.3, 0.4) is 0 Å². The van der Waals surface area contributed by atoms with Gasteiger partial charge in [-0.1, -0.05) is 13.0 Å². The number of carboxylic acid groups (broad SMARTS) is 1. The quantitative estimate of drug-likeness (QED) is 0.518. The summed E-state index contributed by atoms with van der Waals surface area (Å²) in [5.74, 6) is 1.58. The normalized spacial score (nSPS) is 16.8. The molecule has 31 heavy (non-hydrogen) atoms. The number of nitrogens with zero attached hydrogens (tertiary/aromatic N) is 1. The van der Waals surface area contributed by atoms with Gasteiger partial charge >= 0.3 is 5.97 Å². The van der Waals surface area contributed by atoms with Crippen LogP contribution in [0, 0.1) is 0 Å². The minimum Gasteiger partial charge on any atom is -0.497 e. The number of fused-ring (bicyclic) bond motifs is 1. The van der Waals surface area contributed by atoms with Gasteiger partial charge in [0.1, 0.15) is 17.3 Å². The first-order valence-corrected chi connectivity index (χ1v) is 10.5. The first-order chi connectivity index (χ1) is 16.2. The number of oxazole rings is 1. The number of hydrogen-bond donors (Lipinski definition) is 1. The molecule has 0 aliphatic heterocycles. The molecular weight excluding hydrogens is 394 g/mol. The molecule has 0 spiro atoms. The number of aryl methyl sites for hydroxylation is 2. The number of aliphatic carboxylic acids is 1. The fraction of sp³-hybridized carbons (Fsp3) is 0.360. The third-order valence-electron chi connectivity index (χ3n) is 5.66. The van der Waals surface area contributed by atoms with Crippen molar-refractivity contribution in [3.63, 3.8) is 0 Å². The molecule has 1 heterocycles. The van der Waals surface area contributed by atoms with Gasteiger partial charge in [0.2, 0.25) is 5.89 Å². The molecule has 0 fully saturated rings. The maximum absolute atomic E-state index is 11.1. The molecule has 3 aromatic rings. The van der Waals surface area contributed by atoms with Crippen molar-refractivity contribution in [1.29, 1.82) is 0 Å². The van der Waals surface area contributed by atoms with E-state index in [0.29, 0.717) is 25.3 Å². The number of carboxylic acids is 1. The highest BCUT2D eigenvalue weighted by Gasteiger charge is 2.25. The smallest absolute Gasteiger partial charge is 0.303 e. The lowest BCUT2D eigenvalue weighted by Gasteiger charge is -2.10. The molecule has 1 atom stereocenters. The van der Waals surface area contributed by atoms with E-state index in [2.05, 4.69) is 4.98 Å². The van der Waals surface area contributed by atoms with Gasteiger partial charge in [-0.2, -0.15) is 0 Å². The Morgan fingerprint density at radius 1 is 1.26 bits per heavy atom. The summed E-state index contributed by atoms with van der Waals surface area (Å²) in [6, 6.07) is 12.5. The van der Waals surface area contributed by atoms with Crippen LogP contribution in [-0.2, 0) is 24.1 Å². The van der Waals surface area contributed by atoms with Crippen molar-refractivity contribution in [3.8, 4) is 23.0 Å². The largest absolute Gasteiger partial charge is 0.497 e. The maximum atomic E-state index is 11.1. The van der Waals surface area contributed by atoms with Gasteiger partial charge in [-0.05, 0) is 66.3 Å². The zero-order valence-electron chi connectivity index (χ0n) is 20.4. The molecule has 1 aliphatic carbocycles. The zero-order valence-corrected chi connectivity index (χ0v) is 17.4. The summed E-state index contributed by atoms with van der Waals surface area (Å²) in [5, 5.41) is 9.08. The fourth-order valence-electron chi connectivity index (χ4n) is 4.10. The summed E-state index contributed by atoms with van der Waals surface area (Å²) in [7, 11) is -2.49. The molecule has 0 radical (unpaired) electrons. The van der Waals surface area contributed by atoms with Crippen LogP contribution >= 0.6 is 0 Å². The summed E-state index contributed by atoms with van der Waals surface area (Å²) in [6.45, 7) is 2.43. The van der Waals surface area contributed by atoms with E-state index in [1.807, 2.05) is 25.1 Å². The van der Waals surface area contributed by atoms with E-state index in [-0.39, 0.29) is 18.1 Å². The van der Waals surface area contributed by atoms with Crippen LogP contribution < -0.4 is 9.47 Å². The second kappa shape index (κ2) is 9.25. The molecule has 0 amide bonds. The highest BCUT2D eigenvalue weighted by atomic mass is 16.5. The Bertz CT molecular complexity index is 1150.